The molecule has 24 heavy (non-hydrogen) atoms. The van der Waals surface area contributed by atoms with Crippen LogP contribution in [0.3, 0.4) is 0 Å². The molecule has 0 unspecified atom stereocenters. The van der Waals surface area contributed by atoms with E-state index >= 15 is 0 Å². The number of hydrogen-bond acceptors (Lipinski definition) is 3. The normalized spacial score (nSPS) is 12.7. The van der Waals surface area contributed by atoms with Crippen molar-refractivity contribution < 1.29 is 13.6 Å². The molecule has 0 aliphatic heterocycles. The van der Waals surface area contributed by atoms with Gasteiger partial charge in [-0.05, 0) is 35.8 Å². The van der Waals surface area contributed by atoms with Gasteiger partial charge < -0.3 is 9.16 Å². The Kier molecular flexibility index (Phi) is 7.47. The zero-order valence-electron chi connectivity index (χ0n) is 15.0. The molecular formula is C17H26FN3O2Si. The highest BCUT2D eigenvalue weighted by molar-refractivity contribution is 6.74. The van der Waals surface area contributed by atoms with Crippen LogP contribution in [-0.4, -0.2) is 28.1 Å². The van der Waals surface area contributed by atoms with Gasteiger partial charge in [0.05, 0.1) is 13.2 Å². The van der Waals surface area contributed by atoms with E-state index in [1.54, 1.807) is 18.2 Å². The number of nitrogens with zero attached hydrogens (tertiary/aromatic N) is 3. The van der Waals surface area contributed by atoms with E-state index in [9.17, 15) is 4.39 Å². The Morgan fingerprint density at radius 2 is 1.96 bits per heavy atom. The first kappa shape index (κ1) is 20.2. The third-order valence-electron chi connectivity index (χ3n) is 4.13. The van der Waals surface area contributed by atoms with Crippen molar-refractivity contribution in [2.45, 2.75) is 38.9 Å². The molecule has 0 bridgehead atoms. The first-order valence-corrected chi connectivity index (χ1v) is 10.8. The molecule has 1 aromatic carbocycles. The van der Waals surface area contributed by atoms with Gasteiger partial charge in [-0.1, -0.05) is 44.1 Å². The molecule has 0 amide bonds. The Morgan fingerprint density at radius 3 is 2.58 bits per heavy atom. The molecule has 0 radical (unpaired) electrons. The average molecular weight is 351 g/mol. The molecule has 0 heterocycles. The number of hydrogen-bond donors (Lipinski definition) is 0. The van der Waals surface area contributed by atoms with Crippen molar-refractivity contribution in [2.24, 2.45) is 5.11 Å². The number of halogens is 1. The van der Waals surface area contributed by atoms with Crippen LogP contribution in [0.25, 0.3) is 16.5 Å². The number of para-hydroxylation sites is 1. The second-order valence-corrected chi connectivity index (χ2v) is 11.8. The maximum atomic E-state index is 13.7. The van der Waals surface area contributed by atoms with Gasteiger partial charge >= 0.3 is 0 Å². The molecule has 0 fully saturated rings. The van der Waals surface area contributed by atoms with Crippen molar-refractivity contribution in [3.05, 3.63) is 46.1 Å². The number of azide groups is 1. The lowest BCUT2D eigenvalue weighted by Gasteiger charge is -2.36. The summed E-state index contributed by atoms with van der Waals surface area (Å²) in [6, 6.07) is 7.15. The summed E-state index contributed by atoms with van der Waals surface area (Å²) < 4.78 is 25.4. The molecule has 0 saturated carbocycles. The highest BCUT2D eigenvalue weighted by Crippen LogP contribution is 2.36. The van der Waals surface area contributed by atoms with Crippen molar-refractivity contribution in [3.63, 3.8) is 0 Å². The molecule has 0 N–H and O–H groups in total. The molecule has 0 aliphatic carbocycles. The summed E-state index contributed by atoms with van der Waals surface area (Å²) in [4.78, 5) is 2.54. The predicted octanol–water partition coefficient (Wildman–Crippen LogP) is 5.71. The Bertz CT molecular complexity index is 621. The zero-order chi connectivity index (χ0) is 18.2. The van der Waals surface area contributed by atoms with E-state index in [4.69, 9.17) is 14.7 Å². The molecule has 0 spiro atoms. The standard InChI is InChI=1S/C17H26FN3O2Si/c1-17(2,3)24(4,5)23-11-10-22-16-9-7-6-8-14(16)12-15(18)13-20-21-19/h6-9,12H,10-11,13H2,1-5H3. The largest absolute Gasteiger partial charge is 0.491 e. The Morgan fingerprint density at radius 1 is 1.29 bits per heavy atom. The van der Waals surface area contributed by atoms with E-state index in [1.807, 2.05) is 6.07 Å². The van der Waals surface area contributed by atoms with E-state index < -0.39 is 14.1 Å². The second-order valence-electron chi connectivity index (χ2n) is 6.98. The van der Waals surface area contributed by atoms with Crippen molar-refractivity contribution in [3.8, 4) is 5.75 Å². The van der Waals surface area contributed by atoms with Crippen LogP contribution in [0.15, 0.2) is 35.2 Å². The van der Waals surface area contributed by atoms with E-state index in [2.05, 4.69) is 43.9 Å². The lowest BCUT2D eigenvalue weighted by molar-refractivity contribution is 0.203. The number of benzene rings is 1. The summed E-state index contributed by atoms with van der Waals surface area (Å²) in [5, 5.41) is 3.35. The van der Waals surface area contributed by atoms with Crippen LogP contribution < -0.4 is 4.74 Å². The topological polar surface area (TPSA) is 67.2 Å². The highest BCUT2D eigenvalue weighted by atomic mass is 28.4. The summed E-state index contributed by atoms with van der Waals surface area (Å²) >= 11 is 0. The van der Waals surface area contributed by atoms with Gasteiger partial charge in [0.15, 0.2) is 8.32 Å². The summed E-state index contributed by atoms with van der Waals surface area (Å²) in [7, 11) is -1.80. The second kappa shape index (κ2) is 8.87. The smallest absolute Gasteiger partial charge is 0.192 e. The minimum Gasteiger partial charge on any atom is -0.491 e. The predicted molar refractivity (Wildman–Crippen MR) is 98.2 cm³/mol. The summed E-state index contributed by atoms with van der Waals surface area (Å²) in [6.07, 6.45) is 1.32. The van der Waals surface area contributed by atoms with E-state index in [1.165, 1.54) is 6.08 Å². The van der Waals surface area contributed by atoms with Gasteiger partial charge in [0, 0.05) is 10.5 Å². The first-order valence-electron chi connectivity index (χ1n) is 7.90. The average Bonchev–Trinajstić information content (AvgIpc) is 2.50. The van der Waals surface area contributed by atoms with Crippen molar-refractivity contribution >= 4 is 14.4 Å². The lowest BCUT2D eigenvalue weighted by Crippen LogP contribution is -2.41. The van der Waals surface area contributed by atoms with Gasteiger partial charge in [0.2, 0.25) is 0 Å². The van der Waals surface area contributed by atoms with E-state index in [-0.39, 0.29) is 11.6 Å². The number of rotatable bonds is 8. The van der Waals surface area contributed by atoms with Crippen LogP contribution in [0.1, 0.15) is 26.3 Å². The molecule has 132 valence electrons. The molecule has 0 atom stereocenters. The third kappa shape index (κ3) is 6.35. The third-order valence-corrected chi connectivity index (χ3v) is 8.66. The monoisotopic (exact) mass is 351 g/mol. The summed E-state index contributed by atoms with van der Waals surface area (Å²) in [5.74, 6) is 0.0637. The summed E-state index contributed by atoms with van der Waals surface area (Å²) in [6.45, 7) is 11.5. The van der Waals surface area contributed by atoms with Gasteiger partial charge in [-0.3, -0.25) is 0 Å². The van der Waals surface area contributed by atoms with Gasteiger partial charge in [-0.25, -0.2) is 4.39 Å². The van der Waals surface area contributed by atoms with Gasteiger partial charge in [0.25, 0.3) is 0 Å². The maximum absolute atomic E-state index is 13.7. The highest BCUT2D eigenvalue weighted by Gasteiger charge is 2.36. The van der Waals surface area contributed by atoms with Gasteiger partial charge in [-0.2, -0.15) is 0 Å². The minimum atomic E-state index is -1.80. The van der Waals surface area contributed by atoms with E-state index in [0.717, 1.165) is 0 Å². The lowest BCUT2D eigenvalue weighted by atomic mass is 10.2. The van der Waals surface area contributed by atoms with Crippen LogP contribution >= 0.6 is 0 Å². The Labute approximate surface area is 144 Å². The molecule has 5 nitrogen and oxygen atoms in total. The van der Waals surface area contributed by atoms with E-state index in [0.29, 0.717) is 24.5 Å². The van der Waals surface area contributed by atoms with Crippen molar-refractivity contribution in [1.82, 2.24) is 0 Å². The fourth-order valence-corrected chi connectivity index (χ4v) is 2.74. The van der Waals surface area contributed by atoms with Crippen molar-refractivity contribution in [1.29, 1.82) is 0 Å². The Hall–Kier alpha value is -1.82. The van der Waals surface area contributed by atoms with Crippen LogP contribution in [0.2, 0.25) is 18.1 Å². The molecular weight excluding hydrogens is 325 g/mol. The Balaban J connectivity index is 2.65. The van der Waals surface area contributed by atoms with Gasteiger partial charge in [0.1, 0.15) is 18.2 Å². The molecule has 1 aromatic rings. The number of ether oxygens (including phenoxy) is 1. The SMILES string of the molecule is CC(C)(C)[Si](C)(C)OCCOc1ccccc1C=C(F)CN=[N+]=[N-]. The quantitative estimate of drug-likeness (QED) is 0.198. The van der Waals surface area contributed by atoms with Gasteiger partial charge in [-0.15, -0.1) is 0 Å². The first-order chi connectivity index (χ1) is 11.2. The minimum absolute atomic E-state index is 0.151. The molecule has 0 saturated heterocycles. The molecule has 1 rings (SSSR count). The molecule has 0 aliphatic rings. The fourth-order valence-electron chi connectivity index (χ4n) is 1.71. The van der Waals surface area contributed by atoms with Crippen LogP contribution in [0.5, 0.6) is 5.75 Å². The van der Waals surface area contributed by atoms with Crippen molar-refractivity contribution in [2.75, 3.05) is 19.8 Å². The zero-order valence-corrected chi connectivity index (χ0v) is 16.0. The van der Waals surface area contributed by atoms with Crippen LogP contribution in [-0.2, 0) is 4.43 Å². The fraction of sp³-hybridized carbons (Fsp3) is 0.529. The van der Waals surface area contributed by atoms with Crippen LogP contribution in [0.4, 0.5) is 4.39 Å². The van der Waals surface area contributed by atoms with Crippen LogP contribution in [0, 0.1) is 0 Å². The molecule has 0 aromatic heterocycles. The summed E-state index contributed by atoms with van der Waals surface area (Å²) in [5.41, 5.74) is 8.84. The maximum Gasteiger partial charge on any atom is 0.192 e. The molecule has 7 heteroatoms.